The first-order valence-electron chi connectivity index (χ1n) is 11.0. The number of phenols is 2. The number of nitrogens with one attached hydrogen (secondary N) is 1. The molecule has 0 fully saturated rings. The van der Waals surface area contributed by atoms with Crippen molar-refractivity contribution in [3.05, 3.63) is 53.6 Å². The van der Waals surface area contributed by atoms with E-state index in [-0.39, 0.29) is 33.6 Å². The van der Waals surface area contributed by atoms with Crippen LogP contribution in [0.3, 0.4) is 0 Å². The first kappa shape index (κ1) is 27.3. The lowest BCUT2D eigenvalue weighted by molar-refractivity contribution is 0.317. The number of methoxy groups -OCH3 is 4. The molecule has 198 valence electrons. The second kappa shape index (κ2) is 11.7. The van der Waals surface area contributed by atoms with E-state index in [1.165, 1.54) is 52.7 Å². The summed E-state index contributed by atoms with van der Waals surface area (Å²) in [5, 5.41) is 20.6. The maximum Gasteiger partial charge on any atom is 0.262 e. The van der Waals surface area contributed by atoms with Crippen LogP contribution in [-0.4, -0.2) is 53.7 Å². The number of benzene rings is 3. The van der Waals surface area contributed by atoms with Gasteiger partial charge in [0.1, 0.15) is 0 Å². The van der Waals surface area contributed by atoms with Crippen molar-refractivity contribution in [1.82, 2.24) is 0 Å². The summed E-state index contributed by atoms with van der Waals surface area (Å²) in [5.41, 5.74) is 1.18. The number of ether oxygens (including phenoxy) is 5. The fraction of sp³-hybridized carbons (Fsp3) is 0.231. The Balaban J connectivity index is 1.97. The number of hydrogen-bond acceptors (Lipinski definition) is 9. The molecule has 0 unspecified atom stereocenters. The molecule has 3 N–H and O–H groups in total. The monoisotopic (exact) mass is 531 g/mol. The number of anilines is 1. The van der Waals surface area contributed by atoms with E-state index in [0.717, 1.165) is 6.07 Å². The average Bonchev–Trinajstić information content (AvgIpc) is 2.87. The van der Waals surface area contributed by atoms with Crippen molar-refractivity contribution < 1.29 is 42.3 Å². The van der Waals surface area contributed by atoms with Crippen LogP contribution in [0.2, 0.25) is 0 Å². The fourth-order valence-corrected chi connectivity index (χ4v) is 4.63. The molecule has 0 heterocycles. The summed E-state index contributed by atoms with van der Waals surface area (Å²) in [6.45, 7) is 2.05. The van der Waals surface area contributed by atoms with Crippen LogP contribution in [0, 0.1) is 0 Å². The Morgan fingerprint density at radius 3 is 1.86 bits per heavy atom. The van der Waals surface area contributed by atoms with Crippen LogP contribution >= 0.6 is 0 Å². The van der Waals surface area contributed by atoms with E-state index in [1.807, 2.05) is 0 Å². The smallest absolute Gasteiger partial charge is 0.262 e. The Kier molecular flexibility index (Phi) is 8.61. The maximum atomic E-state index is 13.0. The highest BCUT2D eigenvalue weighted by Crippen LogP contribution is 2.40. The van der Waals surface area contributed by atoms with Crippen LogP contribution in [0.5, 0.6) is 40.2 Å². The van der Waals surface area contributed by atoms with Gasteiger partial charge in [0.25, 0.3) is 10.0 Å². The quantitative estimate of drug-likeness (QED) is 0.306. The van der Waals surface area contributed by atoms with Gasteiger partial charge in [-0.05, 0) is 54.4 Å². The zero-order valence-electron chi connectivity index (χ0n) is 21.1. The molecule has 11 heteroatoms. The van der Waals surface area contributed by atoms with Crippen LogP contribution < -0.4 is 28.4 Å². The topological polar surface area (TPSA) is 133 Å². The molecule has 0 radical (unpaired) electrons. The maximum absolute atomic E-state index is 13.0. The van der Waals surface area contributed by atoms with Gasteiger partial charge in [-0.1, -0.05) is 12.2 Å². The van der Waals surface area contributed by atoms with E-state index in [1.54, 1.807) is 31.2 Å². The van der Waals surface area contributed by atoms with Crippen LogP contribution in [0.4, 0.5) is 5.69 Å². The van der Waals surface area contributed by atoms with Gasteiger partial charge in [0.05, 0.1) is 45.6 Å². The zero-order valence-corrected chi connectivity index (χ0v) is 21.9. The molecule has 0 amide bonds. The van der Waals surface area contributed by atoms with Crippen molar-refractivity contribution in [3.63, 3.8) is 0 Å². The minimum atomic E-state index is -4.15. The van der Waals surface area contributed by atoms with Crippen molar-refractivity contribution >= 4 is 27.9 Å². The van der Waals surface area contributed by atoms with Crippen molar-refractivity contribution in [1.29, 1.82) is 0 Å². The van der Waals surface area contributed by atoms with E-state index >= 15 is 0 Å². The van der Waals surface area contributed by atoms with Gasteiger partial charge in [0.2, 0.25) is 5.75 Å². The lowest BCUT2D eigenvalue weighted by Crippen LogP contribution is -2.14. The summed E-state index contributed by atoms with van der Waals surface area (Å²) in [4.78, 5) is -0.201. The molecule has 0 spiro atoms. The lowest BCUT2D eigenvalue weighted by atomic mass is 10.1. The molecule has 10 nitrogen and oxygen atoms in total. The van der Waals surface area contributed by atoms with Gasteiger partial charge in [-0.15, -0.1) is 0 Å². The summed E-state index contributed by atoms with van der Waals surface area (Å²) in [6.07, 6.45) is 3.40. The molecule has 3 rings (SSSR count). The van der Waals surface area contributed by atoms with Crippen molar-refractivity contribution in [2.24, 2.45) is 0 Å². The molecule has 0 bridgehead atoms. The van der Waals surface area contributed by atoms with Gasteiger partial charge in [-0.25, -0.2) is 8.42 Å². The van der Waals surface area contributed by atoms with E-state index in [9.17, 15) is 18.6 Å². The van der Waals surface area contributed by atoms with E-state index in [2.05, 4.69) is 4.72 Å². The first-order chi connectivity index (χ1) is 17.7. The van der Waals surface area contributed by atoms with Crippen molar-refractivity contribution in [2.45, 2.75) is 11.8 Å². The van der Waals surface area contributed by atoms with Gasteiger partial charge in [0, 0.05) is 6.07 Å². The Morgan fingerprint density at radius 1 is 0.757 bits per heavy atom. The van der Waals surface area contributed by atoms with Crippen LogP contribution in [0.15, 0.2) is 47.4 Å². The third-order valence-corrected chi connectivity index (χ3v) is 6.60. The fourth-order valence-electron chi connectivity index (χ4n) is 3.56. The van der Waals surface area contributed by atoms with Gasteiger partial charge < -0.3 is 33.9 Å². The number of phenolic OH excluding ortho intramolecular Hbond substituents is 2. The molecule has 0 atom stereocenters. The van der Waals surface area contributed by atoms with Crippen LogP contribution in [-0.2, 0) is 10.0 Å². The third kappa shape index (κ3) is 6.12. The second-order valence-electron chi connectivity index (χ2n) is 7.58. The largest absolute Gasteiger partial charge is 0.504 e. The first-order valence-corrected chi connectivity index (χ1v) is 12.5. The summed E-state index contributed by atoms with van der Waals surface area (Å²) < 4.78 is 55.0. The van der Waals surface area contributed by atoms with Gasteiger partial charge >= 0.3 is 0 Å². The molecule has 0 saturated heterocycles. The lowest BCUT2D eigenvalue weighted by Gasteiger charge is -2.15. The van der Waals surface area contributed by atoms with E-state index in [4.69, 9.17) is 23.7 Å². The zero-order chi connectivity index (χ0) is 27.2. The van der Waals surface area contributed by atoms with Crippen molar-refractivity contribution in [3.8, 4) is 40.2 Å². The van der Waals surface area contributed by atoms with Crippen LogP contribution in [0.25, 0.3) is 12.2 Å². The summed E-state index contributed by atoms with van der Waals surface area (Å²) in [7, 11) is 1.68. The van der Waals surface area contributed by atoms with E-state index < -0.39 is 10.0 Å². The van der Waals surface area contributed by atoms with E-state index in [0.29, 0.717) is 35.0 Å². The predicted octanol–water partition coefficient (Wildman–Crippen LogP) is 4.50. The third-order valence-electron chi connectivity index (χ3n) is 5.24. The summed E-state index contributed by atoms with van der Waals surface area (Å²) >= 11 is 0. The predicted molar refractivity (Wildman–Crippen MR) is 140 cm³/mol. The Morgan fingerprint density at radius 2 is 1.35 bits per heavy atom. The molecule has 0 aromatic heterocycles. The molecular formula is C26H29NO9S. The number of sulfonamides is 1. The highest BCUT2D eigenvalue weighted by molar-refractivity contribution is 7.92. The molecule has 3 aromatic carbocycles. The summed E-state index contributed by atoms with van der Waals surface area (Å²) in [6, 6.07) is 10.1. The number of hydrogen-bond donors (Lipinski definition) is 3. The molecular weight excluding hydrogens is 502 g/mol. The normalized spacial score (nSPS) is 11.3. The Hall–Kier alpha value is -4.25. The van der Waals surface area contributed by atoms with Gasteiger partial charge in [-0.2, -0.15) is 0 Å². The molecule has 0 aliphatic heterocycles. The van der Waals surface area contributed by atoms with Crippen molar-refractivity contribution in [2.75, 3.05) is 39.8 Å². The highest BCUT2D eigenvalue weighted by Gasteiger charge is 2.21. The molecule has 3 aromatic rings. The molecule has 0 saturated carbocycles. The average molecular weight is 532 g/mol. The molecule has 0 aliphatic rings. The summed E-state index contributed by atoms with van der Waals surface area (Å²) in [5.74, 6) is 0.876. The number of rotatable bonds is 11. The Labute approximate surface area is 215 Å². The SMILES string of the molecule is CCOc1ccc(S(=O)(=O)Nc2cc(/C=C\c3cc(OC)c(OC)c(OC)c3)cc(O)c2OC)cc1O. The molecule has 37 heavy (non-hydrogen) atoms. The minimum Gasteiger partial charge on any atom is -0.504 e. The number of aromatic hydroxyl groups is 2. The van der Waals surface area contributed by atoms with Gasteiger partial charge in [0.15, 0.2) is 34.5 Å². The van der Waals surface area contributed by atoms with Gasteiger partial charge in [-0.3, -0.25) is 4.72 Å². The minimum absolute atomic E-state index is 0.000386. The Bertz CT molecular complexity index is 1380. The van der Waals surface area contributed by atoms with Crippen LogP contribution in [0.1, 0.15) is 18.1 Å². The standard InChI is InChI=1S/C26H29NO9S/c1-6-36-22-10-9-18(15-20(22)28)37(30,31)27-19-11-16(12-21(29)25(19)34-4)7-8-17-13-23(32-2)26(35-5)24(14-17)33-3/h7-15,27-29H,6H2,1-5H3/b8-7-. The second-order valence-corrected chi connectivity index (χ2v) is 9.26. The highest BCUT2D eigenvalue weighted by atomic mass is 32.2. The molecule has 0 aliphatic carbocycles.